The highest BCUT2D eigenvalue weighted by molar-refractivity contribution is 5.92. The summed E-state index contributed by atoms with van der Waals surface area (Å²) in [6.45, 7) is 1.64. The number of carboxylic acid groups (broad SMARTS) is 1. The van der Waals surface area contributed by atoms with Crippen molar-refractivity contribution in [2.75, 3.05) is 6.54 Å². The number of rotatable bonds is 7. The lowest BCUT2D eigenvalue weighted by Crippen LogP contribution is -2.27. The Balaban J connectivity index is 2.01. The standard InChI is InChI=1S/C23H19F3N2O3/c1-13-10-20(23(31)27-9-8-21(29)30)28-12-18(13)22(14-2-4-15(24)5-3-14)17-11-16(25)6-7-19(17)26/h2-7,10-12,22H,8-9H2,1H3,(H,27,31)(H,29,30). The van der Waals surface area contributed by atoms with Gasteiger partial charge in [0.15, 0.2) is 0 Å². The second-order valence-electron chi connectivity index (χ2n) is 6.98. The average molecular weight is 428 g/mol. The summed E-state index contributed by atoms with van der Waals surface area (Å²) in [4.78, 5) is 26.9. The van der Waals surface area contributed by atoms with Crippen LogP contribution in [0.3, 0.4) is 0 Å². The molecule has 0 spiro atoms. The first-order valence-electron chi connectivity index (χ1n) is 9.43. The largest absolute Gasteiger partial charge is 0.481 e. The second-order valence-corrected chi connectivity index (χ2v) is 6.98. The smallest absolute Gasteiger partial charge is 0.305 e. The van der Waals surface area contributed by atoms with E-state index in [1.807, 2.05) is 0 Å². The van der Waals surface area contributed by atoms with Crippen molar-refractivity contribution in [1.29, 1.82) is 0 Å². The summed E-state index contributed by atoms with van der Waals surface area (Å²) in [7, 11) is 0. The van der Waals surface area contributed by atoms with E-state index in [0.29, 0.717) is 16.7 Å². The molecule has 0 saturated carbocycles. The first kappa shape index (κ1) is 22.0. The number of hydrogen-bond donors (Lipinski definition) is 2. The Morgan fingerprint density at radius 3 is 2.32 bits per heavy atom. The fourth-order valence-electron chi connectivity index (χ4n) is 3.28. The van der Waals surface area contributed by atoms with Crippen LogP contribution in [0.2, 0.25) is 0 Å². The van der Waals surface area contributed by atoms with E-state index < -0.39 is 35.2 Å². The third-order valence-electron chi connectivity index (χ3n) is 4.79. The maximum Gasteiger partial charge on any atom is 0.305 e. The topological polar surface area (TPSA) is 79.3 Å². The van der Waals surface area contributed by atoms with E-state index >= 15 is 0 Å². The van der Waals surface area contributed by atoms with Crippen molar-refractivity contribution in [3.8, 4) is 0 Å². The van der Waals surface area contributed by atoms with Gasteiger partial charge in [-0.2, -0.15) is 0 Å². The molecule has 8 heteroatoms. The summed E-state index contributed by atoms with van der Waals surface area (Å²) in [5.74, 6) is -4.10. The number of carbonyl (C=O) groups is 2. The third-order valence-corrected chi connectivity index (χ3v) is 4.79. The van der Waals surface area contributed by atoms with Crippen molar-refractivity contribution in [3.63, 3.8) is 0 Å². The van der Waals surface area contributed by atoms with Crippen molar-refractivity contribution in [3.05, 3.63) is 100 Å². The van der Waals surface area contributed by atoms with Crippen molar-refractivity contribution >= 4 is 11.9 Å². The van der Waals surface area contributed by atoms with E-state index in [-0.39, 0.29) is 24.2 Å². The second kappa shape index (κ2) is 9.42. The SMILES string of the molecule is Cc1cc(C(=O)NCCC(=O)O)ncc1C(c1ccc(F)cc1)c1cc(F)ccc1F. The molecule has 3 rings (SSSR count). The number of aromatic nitrogens is 1. The van der Waals surface area contributed by atoms with Gasteiger partial charge in [0.05, 0.1) is 6.42 Å². The number of halogens is 3. The Morgan fingerprint density at radius 2 is 1.68 bits per heavy atom. The zero-order valence-corrected chi connectivity index (χ0v) is 16.5. The van der Waals surface area contributed by atoms with Gasteiger partial charge in [0.1, 0.15) is 23.1 Å². The summed E-state index contributed by atoms with van der Waals surface area (Å²) in [6, 6.07) is 10.0. The molecule has 1 heterocycles. The quantitative estimate of drug-likeness (QED) is 0.592. The van der Waals surface area contributed by atoms with E-state index in [1.165, 1.54) is 36.5 Å². The minimum Gasteiger partial charge on any atom is -0.481 e. The zero-order chi connectivity index (χ0) is 22.5. The van der Waals surface area contributed by atoms with E-state index in [2.05, 4.69) is 10.3 Å². The number of amides is 1. The normalized spacial score (nSPS) is 11.7. The van der Waals surface area contributed by atoms with Crippen LogP contribution in [0.4, 0.5) is 13.2 Å². The van der Waals surface area contributed by atoms with Crippen LogP contribution in [0, 0.1) is 24.4 Å². The molecular formula is C23H19F3N2O3. The zero-order valence-electron chi connectivity index (χ0n) is 16.5. The molecule has 0 aliphatic carbocycles. The number of pyridine rings is 1. The van der Waals surface area contributed by atoms with Gasteiger partial charge in [-0.05, 0) is 60.0 Å². The first-order valence-corrected chi connectivity index (χ1v) is 9.43. The lowest BCUT2D eigenvalue weighted by Gasteiger charge is -2.21. The van der Waals surface area contributed by atoms with E-state index in [4.69, 9.17) is 5.11 Å². The lowest BCUT2D eigenvalue weighted by atomic mass is 9.83. The van der Waals surface area contributed by atoms with Gasteiger partial charge in [0, 0.05) is 24.2 Å². The number of hydrogen-bond acceptors (Lipinski definition) is 3. The van der Waals surface area contributed by atoms with Crippen LogP contribution in [0.15, 0.2) is 54.7 Å². The first-order chi connectivity index (χ1) is 14.8. The van der Waals surface area contributed by atoms with Gasteiger partial charge in [0.2, 0.25) is 0 Å². The fraction of sp³-hybridized carbons (Fsp3) is 0.174. The highest BCUT2D eigenvalue weighted by Crippen LogP contribution is 2.35. The predicted octanol–water partition coefficient (Wildman–Crippen LogP) is 4.19. The van der Waals surface area contributed by atoms with Gasteiger partial charge in [-0.25, -0.2) is 13.2 Å². The molecule has 0 aliphatic rings. The average Bonchev–Trinajstić information content (AvgIpc) is 2.72. The third kappa shape index (κ3) is 5.28. The highest BCUT2D eigenvalue weighted by atomic mass is 19.1. The molecule has 2 N–H and O–H groups in total. The van der Waals surface area contributed by atoms with Crippen LogP contribution < -0.4 is 5.32 Å². The van der Waals surface area contributed by atoms with Gasteiger partial charge in [-0.3, -0.25) is 14.6 Å². The van der Waals surface area contributed by atoms with Crippen molar-refractivity contribution < 1.29 is 27.9 Å². The number of benzene rings is 2. The fourth-order valence-corrected chi connectivity index (χ4v) is 3.28. The maximum absolute atomic E-state index is 14.6. The molecule has 1 amide bonds. The summed E-state index contributed by atoms with van der Waals surface area (Å²) < 4.78 is 42.0. The van der Waals surface area contributed by atoms with Crippen LogP contribution in [0.5, 0.6) is 0 Å². The van der Waals surface area contributed by atoms with Crippen molar-refractivity contribution in [1.82, 2.24) is 10.3 Å². The van der Waals surface area contributed by atoms with Crippen LogP contribution in [-0.4, -0.2) is 28.5 Å². The number of aryl methyl sites for hydroxylation is 1. The molecule has 1 aromatic heterocycles. The predicted molar refractivity (Wildman–Crippen MR) is 107 cm³/mol. The summed E-state index contributed by atoms with van der Waals surface area (Å²) >= 11 is 0. The maximum atomic E-state index is 14.6. The number of nitrogens with one attached hydrogen (secondary N) is 1. The highest BCUT2D eigenvalue weighted by Gasteiger charge is 2.24. The summed E-state index contributed by atoms with van der Waals surface area (Å²) in [5.41, 5.74) is 1.73. The molecule has 0 bridgehead atoms. The molecule has 0 radical (unpaired) electrons. The lowest BCUT2D eigenvalue weighted by molar-refractivity contribution is -0.136. The molecule has 3 aromatic rings. The Labute approximate surface area is 176 Å². The molecule has 1 atom stereocenters. The Kier molecular flexibility index (Phi) is 6.69. The number of carbonyl (C=O) groups excluding carboxylic acids is 1. The summed E-state index contributed by atoms with van der Waals surface area (Å²) in [6.07, 6.45) is 1.16. The molecule has 5 nitrogen and oxygen atoms in total. The molecular weight excluding hydrogens is 409 g/mol. The molecule has 160 valence electrons. The van der Waals surface area contributed by atoms with Gasteiger partial charge < -0.3 is 10.4 Å². The summed E-state index contributed by atoms with van der Waals surface area (Å²) in [5, 5.41) is 11.1. The monoisotopic (exact) mass is 428 g/mol. The van der Waals surface area contributed by atoms with Crippen molar-refractivity contribution in [2.24, 2.45) is 0 Å². The minimum atomic E-state index is -1.04. The van der Waals surface area contributed by atoms with E-state index in [1.54, 1.807) is 6.92 Å². The number of carboxylic acids is 1. The molecule has 2 aromatic carbocycles. The van der Waals surface area contributed by atoms with Crippen LogP contribution >= 0.6 is 0 Å². The van der Waals surface area contributed by atoms with Crippen LogP contribution in [0.1, 0.15) is 45.1 Å². The Morgan fingerprint density at radius 1 is 1.00 bits per heavy atom. The Hall–Kier alpha value is -3.68. The molecule has 0 aliphatic heterocycles. The molecule has 0 fully saturated rings. The van der Waals surface area contributed by atoms with Crippen molar-refractivity contribution in [2.45, 2.75) is 19.3 Å². The molecule has 31 heavy (non-hydrogen) atoms. The van der Waals surface area contributed by atoms with E-state index in [9.17, 15) is 22.8 Å². The van der Waals surface area contributed by atoms with Crippen LogP contribution in [-0.2, 0) is 4.79 Å². The van der Waals surface area contributed by atoms with Gasteiger partial charge in [-0.15, -0.1) is 0 Å². The van der Waals surface area contributed by atoms with Crippen LogP contribution in [0.25, 0.3) is 0 Å². The number of aliphatic carboxylic acids is 1. The van der Waals surface area contributed by atoms with Gasteiger partial charge in [-0.1, -0.05) is 12.1 Å². The molecule has 1 unspecified atom stereocenters. The number of nitrogens with zero attached hydrogens (tertiary/aromatic N) is 1. The van der Waals surface area contributed by atoms with E-state index in [0.717, 1.165) is 18.2 Å². The minimum absolute atomic E-state index is 0.0511. The molecule has 0 saturated heterocycles. The van der Waals surface area contributed by atoms with Gasteiger partial charge in [0.25, 0.3) is 5.91 Å². The Bertz CT molecular complexity index is 1120. The van der Waals surface area contributed by atoms with Gasteiger partial charge >= 0.3 is 5.97 Å².